The van der Waals surface area contributed by atoms with E-state index < -0.39 is 0 Å². The Morgan fingerprint density at radius 1 is 1.50 bits per heavy atom. The largest absolute Gasteiger partial charge is 0.314 e. The lowest BCUT2D eigenvalue weighted by molar-refractivity contribution is -0.00685. The summed E-state index contributed by atoms with van der Waals surface area (Å²) in [5.41, 5.74) is 3.05. The Bertz CT molecular complexity index is 378. The fourth-order valence-electron chi connectivity index (χ4n) is 1.57. The average Bonchev–Trinajstić information content (AvgIpc) is 2.79. The minimum absolute atomic E-state index is 0.0754. The van der Waals surface area contributed by atoms with E-state index in [1.165, 1.54) is 0 Å². The van der Waals surface area contributed by atoms with Crippen molar-refractivity contribution in [3.8, 4) is 0 Å². The molecule has 0 aliphatic carbocycles. The van der Waals surface area contributed by atoms with E-state index in [2.05, 4.69) is 26.7 Å². The van der Waals surface area contributed by atoms with Gasteiger partial charge in [0.15, 0.2) is 0 Å². The number of halogens is 1. The number of nitrogens with one attached hydrogen (secondary N) is 2. The molecule has 1 aliphatic heterocycles. The first-order valence-electron chi connectivity index (χ1n) is 5.18. The molecule has 0 radical (unpaired) electrons. The van der Waals surface area contributed by atoms with Crippen LogP contribution in [0.1, 0.15) is 16.8 Å². The van der Waals surface area contributed by atoms with Gasteiger partial charge in [-0.2, -0.15) is 0 Å². The van der Waals surface area contributed by atoms with Crippen LogP contribution in [-0.4, -0.2) is 25.1 Å². The molecule has 1 saturated heterocycles. The zero-order valence-electron chi connectivity index (χ0n) is 8.70. The molecule has 1 aromatic carbocycles. The molecule has 86 valence electrons. The molecule has 2 rings (SSSR count). The maximum Gasteiger partial charge on any atom is 0.275 e. The third-order valence-electron chi connectivity index (χ3n) is 2.45. The Labute approximate surface area is 102 Å². The Morgan fingerprint density at radius 2 is 2.31 bits per heavy atom. The van der Waals surface area contributed by atoms with E-state index >= 15 is 0 Å². The molecule has 1 aromatic rings. The number of benzene rings is 1. The van der Waals surface area contributed by atoms with Crippen LogP contribution >= 0.6 is 15.9 Å². The summed E-state index contributed by atoms with van der Waals surface area (Å²) in [6.45, 7) is 1.73. The Morgan fingerprint density at radius 3 is 3.00 bits per heavy atom. The van der Waals surface area contributed by atoms with E-state index in [0.29, 0.717) is 5.56 Å². The highest BCUT2D eigenvalue weighted by molar-refractivity contribution is 9.10. The van der Waals surface area contributed by atoms with Crippen molar-refractivity contribution in [2.75, 3.05) is 13.1 Å². The zero-order chi connectivity index (χ0) is 11.4. The monoisotopic (exact) mass is 284 g/mol. The molecule has 0 aromatic heterocycles. The molecule has 0 saturated carbocycles. The third-order valence-corrected chi connectivity index (χ3v) is 3.14. The molecule has 1 amide bonds. The first-order chi connectivity index (χ1) is 7.77. The van der Waals surface area contributed by atoms with E-state index in [9.17, 15) is 4.79 Å². The summed E-state index contributed by atoms with van der Waals surface area (Å²) in [6.07, 6.45) is 1.00. The maximum atomic E-state index is 11.7. The molecule has 1 heterocycles. The van der Waals surface area contributed by atoms with Gasteiger partial charge in [-0.1, -0.05) is 12.1 Å². The lowest BCUT2D eigenvalue weighted by Crippen LogP contribution is -2.30. The Kier molecular flexibility index (Phi) is 3.93. The molecule has 1 fully saturated rings. The van der Waals surface area contributed by atoms with Gasteiger partial charge in [-0.15, -0.1) is 0 Å². The van der Waals surface area contributed by atoms with E-state index in [1.54, 1.807) is 6.07 Å². The van der Waals surface area contributed by atoms with Gasteiger partial charge in [-0.3, -0.25) is 9.63 Å². The molecular weight excluding hydrogens is 272 g/mol. The van der Waals surface area contributed by atoms with Crippen LogP contribution in [0.5, 0.6) is 0 Å². The van der Waals surface area contributed by atoms with E-state index in [1.807, 2.05) is 18.2 Å². The quantitative estimate of drug-likeness (QED) is 0.827. The first-order valence-corrected chi connectivity index (χ1v) is 5.98. The van der Waals surface area contributed by atoms with E-state index in [-0.39, 0.29) is 12.0 Å². The third kappa shape index (κ3) is 2.81. The fourth-order valence-corrected chi connectivity index (χ4v) is 2.03. The topological polar surface area (TPSA) is 50.4 Å². The summed E-state index contributed by atoms with van der Waals surface area (Å²) in [6, 6.07) is 7.25. The molecule has 0 bridgehead atoms. The second kappa shape index (κ2) is 5.43. The number of amides is 1. The van der Waals surface area contributed by atoms with Crippen LogP contribution in [-0.2, 0) is 4.84 Å². The number of carbonyl (C=O) groups is 1. The van der Waals surface area contributed by atoms with Crippen molar-refractivity contribution in [1.82, 2.24) is 10.8 Å². The van der Waals surface area contributed by atoms with Gasteiger partial charge in [0.1, 0.15) is 0 Å². The first kappa shape index (κ1) is 11.6. The molecule has 1 aliphatic rings. The minimum atomic E-state index is -0.223. The Hall–Kier alpha value is -0.910. The fraction of sp³-hybridized carbons (Fsp3) is 0.364. The standard InChI is InChI=1S/C11H13BrN2O2/c12-10-4-2-1-3-9(10)11(15)14-16-8-5-6-13-7-8/h1-4,8,13H,5-7H2,(H,14,15). The Balaban J connectivity index is 1.90. The SMILES string of the molecule is O=C(NOC1CCNC1)c1ccccc1Br. The second-order valence-corrected chi connectivity index (χ2v) is 4.50. The van der Waals surface area contributed by atoms with Gasteiger partial charge in [0.25, 0.3) is 5.91 Å². The van der Waals surface area contributed by atoms with Gasteiger partial charge in [0, 0.05) is 11.0 Å². The van der Waals surface area contributed by atoms with Crippen molar-refractivity contribution in [1.29, 1.82) is 0 Å². The van der Waals surface area contributed by atoms with Crippen LogP contribution in [0, 0.1) is 0 Å². The summed E-state index contributed by atoms with van der Waals surface area (Å²) < 4.78 is 0.764. The molecular formula is C11H13BrN2O2. The highest BCUT2D eigenvalue weighted by Gasteiger charge is 2.17. The smallest absolute Gasteiger partial charge is 0.275 e. The second-order valence-electron chi connectivity index (χ2n) is 3.64. The highest BCUT2D eigenvalue weighted by atomic mass is 79.9. The summed E-state index contributed by atoms with van der Waals surface area (Å²) in [5.74, 6) is -0.223. The number of carbonyl (C=O) groups excluding carboxylic acids is 1. The van der Waals surface area contributed by atoms with Gasteiger partial charge >= 0.3 is 0 Å². The van der Waals surface area contributed by atoms with Gasteiger partial charge in [-0.05, 0) is 41.0 Å². The minimum Gasteiger partial charge on any atom is -0.314 e. The van der Waals surface area contributed by atoms with Crippen molar-refractivity contribution in [3.05, 3.63) is 34.3 Å². The summed E-state index contributed by atoms with van der Waals surface area (Å²) in [5, 5.41) is 3.16. The van der Waals surface area contributed by atoms with Gasteiger partial charge < -0.3 is 5.32 Å². The van der Waals surface area contributed by atoms with Crippen molar-refractivity contribution >= 4 is 21.8 Å². The normalized spacial score (nSPS) is 19.7. The number of hydroxylamine groups is 1. The molecule has 2 N–H and O–H groups in total. The van der Waals surface area contributed by atoms with Crippen molar-refractivity contribution in [2.24, 2.45) is 0 Å². The van der Waals surface area contributed by atoms with E-state index in [4.69, 9.17) is 4.84 Å². The lowest BCUT2D eigenvalue weighted by Gasteiger charge is -2.11. The summed E-state index contributed by atoms with van der Waals surface area (Å²) in [7, 11) is 0. The van der Waals surface area contributed by atoms with Crippen LogP contribution in [0.25, 0.3) is 0 Å². The lowest BCUT2D eigenvalue weighted by atomic mass is 10.2. The predicted molar refractivity (Wildman–Crippen MR) is 64.0 cm³/mol. The molecule has 1 unspecified atom stereocenters. The molecule has 16 heavy (non-hydrogen) atoms. The van der Waals surface area contributed by atoms with Crippen LogP contribution in [0.15, 0.2) is 28.7 Å². The van der Waals surface area contributed by atoms with Crippen LogP contribution in [0.4, 0.5) is 0 Å². The van der Waals surface area contributed by atoms with Gasteiger partial charge in [0.05, 0.1) is 11.7 Å². The van der Waals surface area contributed by atoms with Crippen molar-refractivity contribution < 1.29 is 9.63 Å². The summed E-state index contributed by atoms with van der Waals surface area (Å²) >= 11 is 3.32. The molecule has 0 spiro atoms. The summed E-state index contributed by atoms with van der Waals surface area (Å²) in [4.78, 5) is 17.0. The van der Waals surface area contributed by atoms with Gasteiger partial charge in [0.2, 0.25) is 0 Å². The number of hydrogen-bond acceptors (Lipinski definition) is 3. The van der Waals surface area contributed by atoms with Crippen molar-refractivity contribution in [2.45, 2.75) is 12.5 Å². The van der Waals surface area contributed by atoms with Crippen LogP contribution in [0.2, 0.25) is 0 Å². The van der Waals surface area contributed by atoms with Gasteiger partial charge in [-0.25, -0.2) is 5.48 Å². The zero-order valence-corrected chi connectivity index (χ0v) is 10.3. The number of rotatable bonds is 3. The number of hydrogen-bond donors (Lipinski definition) is 2. The van der Waals surface area contributed by atoms with Crippen LogP contribution in [0.3, 0.4) is 0 Å². The maximum absolute atomic E-state index is 11.7. The molecule has 5 heteroatoms. The predicted octanol–water partition coefficient (Wildman–Crippen LogP) is 1.47. The van der Waals surface area contributed by atoms with Crippen LogP contribution < -0.4 is 10.8 Å². The van der Waals surface area contributed by atoms with E-state index in [0.717, 1.165) is 24.0 Å². The molecule has 1 atom stereocenters. The highest BCUT2D eigenvalue weighted by Crippen LogP contribution is 2.15. The van der Waals surface area contributed by atoms with Crippen molar-refractivity contribution in [3.63, 3.8) is 0 Å². The average molecular weight is 285 g/mol. The molecule has 4 nitrogen and oxygen atoms in total.